The van der Waals surface area contributed by atoms with Gasteiger partial charge in [0.25, 0.3) is 0 Å². The van der Waals surface area contributed by atoms with E-state index in [4.69, 9.17) is 20.6 Å². The molecule has 1 aliphatic heterocycles. The van der Waals surface area contributed by atoms with Crippen LogP contribution in [0.15, 0.2) is 53.5 Å². The molecule has 0 unspecified atom stereocenters. The molecule has 4 rings (SSSR count). The fourth-order valence-electron chi connectivity index (χ4n) is 5.01. The number of aryl methyl sites for hydroxylation is 1. The van der Waals surface area contributed by atoms with Gasteiger partial charge >= 0.3 is 12.1 Å². The summed E-state index contributed by atoms with van der Waals surface area (Å²) in [5.74, 6) is 0.401. The van der Waals surface area contributed by atoms with Crippen molar-refractivity contribution < 1.29 is 27.4 Å². The molecule has 1 aliphatic rings. The molecule has 0 aliphatic carbocycles. The van der Waals surface area contributed by atoms with E-state index >= 15 is 0 Å². The topological polar surface area (TPSA) is 97.8 Å². The van der Waals surface area contributed by atoms with Crippen LogP contribution in [0, 0.1) is 17.7 Å². The van der Waals surface area contributed by atoms with Crippen LogP contribution in [-0.4, -0.2) is 24.2 Å². The number of nitrogens with zero attached hydrogens (tertiary/aromatic N) is 1. The summed E-state index contributed by atoms with van der Waals surface area (Å²) in [5.41, 5.74) is 7.77. The van der Waals surface area contributed by atoms with Gasteiger partial charge in [-0.25, -0.2) is 9.79 Å². The van der Waals surface area contributed by atoms with Crippen LogP contribution in [0.5, 0.6) is 5.75 Å². The third kappa shape index (κ3) is 7.38. The minimum atomic E-state index is -4.57. The lowest BCUT2D eigenvalue weighted by Gasteiger charge is -2.18. The molecule has 0 saturated heterocycles. The maximum absolute atomic E-state index is 14.0. The Morgan fingerprint density at radius 1 is 1.05 bits per heavy atom. The van der Waals surface area contributed by atoms with Crippen LogP contribution >= 0.6 is 0 Å². The molecule has 0 atom stereocenters. The number of benzene rings is 3. The number of rotatable bonds is 8. The summed E-state index contributed by atoms with van der Waals surface area (Å²) in [6, 6.07) is 12.2. The number of hydrogen-bond acceptors (Lipinski definition) is 5. The summed E-state index contributed by atoms with van der Waals surface area (Å²) in [6.07, 6.45) is -0.233. The van der Waals surface area contributed by atoms with Gasteiger partial charge in [-0.2, -0.15) is 13.2 Å². The van der Waals surface area contributed by atoms with Gasteiger partial charge in [0.05, 0.1) is 17.7 Å². The van der Waals surface area contributed by atoms with Crippen LogP contribution < -0.4 is 20.9 Å². The highest BCUT2D eigenvalue weighted by Gasteiger charge is 2.32. The van der Waals surface area contributed by atoms with Gasteiger partial charge in [-0.3, -0.25) is 5.41 Å². The summed E-state index contributed by atoms with van der Waals surface area (Å²) in [7, 11) is 0. The fraction of sp³-hybridized carbons (Fsp3) is 0.343. The van der Waals surface area contributed by atoms with Gasteiger partial charge in [0.15, 0.2) is 5.84 Å². The molecule has 0 saturated carbocycles. The van der Waals surface area contributed by atoms with Crippen molar-refractivity contribution in [2.45, 2.75) is 67.0 Å². The van der Waals surface area contributed by atoms with Crippen LogP contribution in [0.2, 0.25) is 0 Å². The van der Waals surface area contributed by atoms with Crippen molar-refractivity contribution in [1.82, 2.24) is 0 Å². The number of fused-ring (bicyclic) bond motifs is 1. The Morgan fingerprint density at radius 2 is 1.73 bits per heavy atom. The second kappa shape index (κ2) is 12.7. The van der Waals surface area contributed by atoms with E-state index in [9.17, 15) is 18.0 Å². The van der Waals surface area contributed by atoms with E-state index in [-0.39, 0.29) is 22.6 Å². The van der Waals surface area contributed by atoms with Crippen LogP contribution in [-0.2, 0) is 10.9 Å². The highest BCUT2D eigenvalue weighted by Crippen LogP contribution is 2.35. The molecule has 1 heterocycles. The number of alkyl halides is 3. The standard InChI is InChI=1S/C35H38F3N3O3/c1-7-8-15-43-33(42)22-9-11-26(12-10-22)44-21(3)28-23(13-14-34(4,5)6)19-27-30(32(40)41-31(27)39)29(28)24-16-20(2)17-25(18-24)35(36,37)38/h9-13,16-19H,7-8,14-15H2,1-6H3,(H3,39,40,41)/b23-13-,28-21?. The molecule has 0 radical (unpaired) electrons. The number of amidine groups is 2. The van der Waals surface area contributed by atoms with Gasteiger partial charge in [0.2, 0.25) is 0 Å². The van der Waals surface area contributed by atoms with Gasteiger partial charge in [-0.1, -0.05) is 46.3 Å². The van der Waals surface area contributed by atoms with Crippen LogP contribution in [0.4, 0.5) is 13.2 Å². The highest BCUT2D eigenvalue weighted by molar-refractivity contribution is 6.23. The Bertz CT molecular complexity index is 1750. The lowest BCUT2D eigenvalue weighted by molar-refractivity contribution is -0.137. The lowest BCUT2D eigenvalue weighted by atomic mass is 9.88. The molecular formula is C35H38F3N3O3. The second-order valence-electron chi connectivity index (χ2n) is 12.2. The monoisotopic (exact) mass is 605 g/mol. The van der Waals surface area contributed by atoms with Crippen molar-refractivity contribution in [1.29, 1.82) is 5.41 Å². The normalized spacial score (nSPS) is 14.3. The first kappa shape index (κ1) is 32.5. The number of nitrogens with one attached hydrogen (secondary N) is 1. The zero-order valence-electron chi connectivity index (χ0n) is 25.9. The third-order valence-electron chi connectivity index (χ3n) is 7.17. The molecule has 9 heteroatoms. The average Bonchev–Trinajstić information content (AvgIpc) is 3.22. The number of carbonyl (C=O) groups is 1. The van der Waals surface area contributed by atoms with Gasteiger partial charge in [-0.05, 0) is 90.9 Å². The summed E-state index contributed by atoms with van der Waals surface area (Å²) < 4.78 is 53.5. The molecule has 0 spiro atoms. The number of esters is 1. The SMILES string of the molecule is CCCCOC(=O)c1ccc(OC(C)=c2c(-c3cc(C)cc(C(F)(F)F)c3)c3c(c/c2=C/CC(C)(C)C)C(=N)N=C3N)cc1. The lowest BCUT2D eigenvalue weighted by Crippen LogP contribution is -2.34. The first-order valence-electron chi connectivity index (χ1n) is 14.5. The predicted molar refractivity (Wildman–Crippen MR) is 168 cm³/mol. The first-order chi connectivity index (χ1) is 20.6. The predicted octanol–water partition coefficient (Wildman–Crippen LogP) is 7.11. The Kier molecular flexibility index (Phi) is 9.37. The smallest absolute Gasteiger partial charge is 0.416 e. The number of nitrogens with two attached hydrogens (primary N) is 1. The first-order valence-corrected chi connectivity index (χ1v) is 14.5. The molecule has 0 bridgehead atoms. The number of hydrogen-bond donors (Lipinski definition) is 2. The van der Waals surface area contributed by atoms with Gasteiger partial charge in [0.1, 0.15) is 17.3 Å². The second-order valence-corrected chi connectivity index (χ2v) is 12.2. The Balaban J connectivity index is 1.98. The van der Waals surface area contributed by atoms with Crippen molar-refractivity contribution >= 4 is 29.5 Å². The highest BCUT2D eigenvalue weighted by atomic mass is 19.4. The van der Waals surface area contributed by atoms with E-state index < -0.39 is 17.7 Å². The number of ether oxygens (including phenoxy) is 2. The minimum Gasteiger partial charge on any atom is -0.462 e. The van der Waals surface area contributed by atoms with Crippen molar-refractivity contribution in [3.8, 4) is 16.9 Å². The van der Waals surface area contributed by atoms with Crippen LogP contribution in [0.1, 0.15) is 86.5 Å². The third-order valence-corrected chi connectivity index (χ3v) is 7.17. The maximum atomic E-state index is 14.0. The fourth-order valence-corrected chi connectivity index (χ4v) is 5.01. The van der Waals surface area contributed by atoms with Crippen molar-refractivity contribution in [3.05, 3.63) is 86.8 Å². The quantitative estimate of drug-likeness (QED) is 0.211. The Labute approximate surface area is 255 Å². The van der Waals surface area contributed by atoms with Crippen molar-refractivity contribution in [3.63, 3.8) is 0 Å². The van der Waals surface area contributed by atoms with E-state index in [0.29, 0.717) is 62.8 Å². The minimum absolute atomic E-state index is 0.0532. The van der Waals surface area contributed by atoms with Crippen molar-refractivity contribution in [2.75, 3.05) is 6.61 Å². The van der Waals surface area contributed by atoms with E-state index in [1.165, 1.54) is 0 Å². The van der Waals surface area contributed by atoms with E-state index in [0.717, 1.165) is 25.0 Å². The molecule has 3 aromatic rings. The zero-order valence-corrected chi connectivity index (χ0v) is 25.9. The van der Waals surface area contributed by atoms with Crippen LogP contribution in [0.25, 0.3) is 23.0 Å². The van der Waals surface area contributed by atoms with Gasteiger partial charge < -0.3 is 15.2 Å². The maximum Gasteiger partial charge on any atom is 0.416 e. The van der Waals surface area contributed by atoms with E-state index in [1.807, 2.05) is 13.0 Å². The summed E-state index contributed by atoms with van der Waals surface area (Å²) in [6.45, 7) is 11.9. The van der Waals surface area contributed by atoms with E-state index in [1.54, 1.807) is 50.2 Å². The number of aliphatic imine (C=N–C) groups is 1. The molecule has 0 fully saturated rings. The summed E-state index contributed by atoms with van der Waals surface area (Å²) in [4.78, 5) is 16.5. The molecule has 44 heavy (non-hydrogen) atoms. The Morgan fingerprint density at radius 3 is 2.34 bits per heavy atom. The van der Waals surface area contributed by atoms with E-state index in [2.05, 4.69) is 25.8 Å². The molecule has 6 nitrogen and oxygen atoms in total. The number of unbranched alkanes of at least 4 members (excludes halogenated alkanes) is 1. The zero-order chi connectivity index (χ0) is 32.4. The van der Waals surface area contributed by atoms with Crippen molar-refractivity contribution in [2.24, 2.45) is 16.1 Å². The van der Waals surface area contributed by atoms with Crippen LogP contribution in [0.3, 0.4) is 0 Å². The molecule has 3 aromatic carbocycles. The Hall–Kier alpha value is -4.40. The number of carbonyl (C=O) groups excluding carboxylic acids is 1. The molecule has 0 amide bonds. The van der Waals surface area contributed by atoms with Gasteiger partial charge in [0, 0.05) is 21.9 Å². The largest absolute Gasteiger partial charge is 0.462 e. The van der Waals surface area contributed by atoms with Gasteiger partial charge in [-0.15, -0.1) is 0 Å². The summed E-state index contributed by atoms with van der Waals surface area (Å²) >= 11 is 0. The number of halogens is 3. The molecule has 3 N–H and O–H groups in total. The molecular weight excluding hydrogens is 567 g/mol. The summed E-state index contributed by atoms with van der Waals surface area (Å²) in [5, 5.41) is 9.71. The average molecular weight is 606 g/mol. The molecule has 232 valence electrons. The molecule has 0 aromatic heterocycles.